The first-order valence-electron chi connectivity index (χ1n) is 10.9. The van der Waals surface area contributed by atoms with Gasteiger partial charge in [0.2, 0.25) is 21.7 Å². The Balaban J connectivity index is 1.55. The molecule has 11 nitrogen and oxygen atoms in total. The number of piperidine rings is 1. The van der Waals surface area contributed by atoms with Crippen molar-refractivity contribution in [2.75, 3.05) is 40.5 Å². The number of hydrogen-bond donors (Lipinski definition) is 2. The molecule has 1 aromatic carbocycles. The maximum atomic E-state index is 13.1. The lowest BCUT2D eigenvalue weighted by atomic mass is 9.99. The molecule has 1 aromatic heterocycles. The monoisotopic (exact) mass is 497 g/mol. The van der Waals surface area contributed by atoms with Crippen LogP contribution in [-0.4, -0.2) is 75.5 Å². The minimum absolute atomic E-state index is 0.0449. The number of para-hydroxylation sites is 1. The minimum atomic E-state index is -3.83. The zero-order valence-electron chi connectivity index (χ0n) is 19.7. The van der Waals surface area contributed by atoms with Gasteiger partial charge in [-0.05, 0) is 38.8 Å². The number of methoxy groups -OCH3 is 2. The van der Waals surface area contributed by atoms with Crippen LogP contribution in [0, 0.1) is 19.8 Å². The first-order chi connectivity index (χ1) is 16.2. The van der Waals surface area contributed by atoms with Gasteiger partial charge in [-0.1, -0.05) is 11.2 Å². The van der Waals surface area contributed by atoms with Crippen molar-refractivity contribution in [1.29, 1.82) is 0 Å². The Morgan fingerprint density at radius 3 is 2.56 bits per heavy atom. The Morgan fingerprint density at radius 2 is 1.97 bits per heavy atom. The van der Waals surface area contributed by atoms with Crippen LogP contribution in [0.4, 0.5) is 0 Å². The standard InChI is InChI=1S/C22H31N3O8S/c1-14-21(15(2)33-24-14)34(28,29)25-10-6-7-16(12-25)22(27)23-11-17(26)13-32-20-18(30-3)8-5-9-19(20)31-4/h5,8-9,16-17,26H,6-7,10-13H2,1-4H3,(H,23,27). The van der Waals surface area contributed by atoms with Gasteiger partial charge in [0.1, 0.15) is 23.3 Å². The summed E-state index contributed by atoms with van der Waals surface area (Å²) in [5, 5.41) is 16.7. The molecule has 2 unspecified atom stereocenters. The molecule has 2 aromatic rings. The van der Waals surface area contributed by atoms with Gasteiger partial charge in [-0.15, -0.1) is 0 Å². The molecule has 3 rings (SSSR count). The van der Waals surface area contributed by atoms with Crippen molar-refractivity contribution in [2.45, 2.75) is 37.7 Å². The number of amides is 1. The Kier molecular flexibility index (Phi) is 8.39. The summed E-state index contributed by atoms with van der Waals surface area (Å²) < 4.78 is 48.6. The summed E-state index contributed by atoms with van der Waals surface area (Å²) in [5.41, 5.74) is 0.291. The summed E-state index contributed by atoms with van der Waals surface area (Å²) in [6.07, 6.45) is 0.0917. The van der Waals surface area contributed by atoms with Gasteiger partial charge in [-0.25, -0.2) is 8.42 Å². The van der Waals surface area contributed by atoms with E-state index in [2.05, 4.69) is 10.5 Å². The minimum Gasteiger partial charge on any atom is -0.493 e. The van der Waals surface area contributed by atoms with Crippen LogP contribution in [0.5, 0.6) is 17.2 Å². The molecule has 0 saturated carbocycles. The number of nitrogens with one attached hydrogen (secondary N) is 1. The smallest absolute Gasteiger partial charge is 0.248 e. The fourth-order valence-corrected chi connectivity index (χ4v) is 5.72. The summed E-state index contributed by atoms with van der Waals surface area (Å²) in [6, 6.07) is 5.16. The van der Waals surface area contributed by atoms with E-state index in [0.29, 0.717) is 42.3 Å². The number of aromatic nitrogens is 1. The van der Waals surface area contributed by atoms with Gasteiger partial charge in [-0.2, -0.15) is 4.31 Å². The lowest BCUT2D eigenvalue weighted by Crippen LogP contribution is -2.47. The van der Waals surface area contributed by atoms with Crippen molar-refractivity contribution >= 4 is 15.9 Å². The number of aliphatic hydroxyl groups is 1. The van der Waals surface area contributed by atoms with Gasteiger partial charge < -0.3 is 29.2 Å². The van der Waals surface area contributed by atoms with Gasteiger partial charge in [0.25, 0.3) is 0 Å². The van der Waals surface area contributed by atoms with Crippen LogP contribution < -0.4 is 19.5 Å². The van der Waals surface area contributed by atoms with E-state index >= 15 is 0 Å². The summed E-state index contributed by atoms with van der Waals surface area (Å²) >= 11 is 0. The maximum absolute atomic E-state index is 13.1. The van der Waals surface area contributed by atoms with Crippen LogP contribution in [-0.2, 0) is 14.8 Å². The summed E-state index contributed by atoms with van der Waals surface area (Å²) in [5.74, 6) is 0.623. The number of nitrogens with zero attached hydrogens (tertiary/aromatic N) is 2. The molecule has 2 N–H and O–H groups in total. The fourth-order valence-electron chi connectivity index (χ4n) is 3.91. The van der Waals surface area contributed by atoms with Crippen molar-refractivity contribution in [3.63, 3.8) is 0 Å². The lowest BCUT2D eigenvalue weighted by molar-refractivity contribution is -0.126. The topological polar surface area (TPSA) is 140 Å². The average molecular weight is 498 g/mol. The van der Waals surface area contributed by atoms with Crippen molar-refractivity contribution in [3.8, 4) is 17.2 Å². The third-order valence-electron chi connectivity index (χ3n) is 5.64. The van der Waals surface area contributed by atoms with Gasteiger partial charge in [-0.3, -0.25) is 4.79 Å². The van der Waals surface area contributed by atoms with E-state index < -0.39 is 22.0 Å². The van der Waals surface area contributed by atoms with Crippen LogP contribution in [0.15, 0.2) is 27.6 Å². The van der Waals surface area contributed by atoms with E-state index in [1.54, 1.807) is 32.0 Å². The second-order valence-electron chi connectivity index (χ2n) is 8.06. The Hall–Kier alpha value is -2.83. The maximum Gasteiger partial charge on any atom is 0.248 e. The third-order valence-corrected chi connectivity index (χ3v) is 7.75. The Labute approximate surface area is 199 Å². The molecule has 1 saturated heterocycles. The molecule has 0 spiro atoms. The van der Waals surface area contributed by atoms with Crippen LogP contribution in [0.3, 0.4) is 0 Å². The normalized spacial score (nSPS) is 17.7. The predicted molar refractivity (Wildman–Crippen MR) is 122 cm³/mol. The molecule has 12 heteroatoms. The van der Waals surface area contributed by atoms with Crippen LogP contribution >= 0.6 is 0 Å². The molecular weight excluding hydrogens is 466 g/mol. The Morgan fingerprint density at radius 1 is 1.29 bits per heavy atom. The predicted octanol–water partition coefficient (Wildman–Crippen LogP) is 1.27. The molecule has 0 radical (unpaired) electrons. The second-order valence-corrected chi connectivity index (χ2v) is 9.93. The molecule has 1 aliphatic rings. The molecule has 1 amide bonds. The number of sulfonamides is 1. The van der Waals surface area contributed by atoms with E-state index in [1.165, 1.54) is 18.5 Å². The van der Waals surface area contributed by atoms with E-state index in [4.69, 9.17) is 18.7 Å². The number of carbonyl (C=O) groups is 1. The second kappa shape index (κ2) is 11.1. The number of aryl methyl sites for hydroxylation is 2. The first-order valence-corrected chi connectivity index (χ1v) is 12.4. The number of ether oxygens (including phenoxy) is 3. The molecule has 0 bridgehead atoms. The van der Waals surface area contributed by atoms with Gasteiger partial charge in [0.15, 0.2) is 17.3 Å². The average Bonchev–Trinajstić information content (AvgIpc) is 3.19. The molecule has 2 heterocycles. The van der Waals surface area contributed by atoms with Crippen molar-refractivity contribution in [2.24, 2.45) is 5.92 Å². The van der Waals surface area contributed by atoms with Gasteiger partial charge in [0, 0.05) is 19.6 Å². The van der Waals surface area contributed by atoms with Crippen molar-refractivity contribution in [3.05, 3.63) is 29.7 Å². The highest BCUT2D eigenvalue weighted by atomic mass is 32.2. The zero-order valence-corrected chi connectivity index (χ0v) is 20.6. The van der Waals surface area contributed by atoms with Crippen LogP contribution in [0.2, 0.25) is 0 Å². The first kappa shape index (κ1) is 25.8. The van der Waals surface area contributed by atoms with Crippen LogP contribution in [0.25, 0.3) is 0 Å². The zero-order chi connectivity index (χ0) is 24.9. The molecule has 34 heavy (non-hydrogen) atoms. The summed E-state index contributed by atoms with van der Waals surface area (Å²) in [4.78, 5) is 12.8. The molecule has 1 aliphatic heterocycles. The van der Waals surface area contributed by atoms with Crippen LogP contribution in [0.1, 0.15) is 24.3 Å². The lowest BCUT2D eigenvalue weighted by Gasteiger charge is -2.31. The quantitative estimate of drug-likeness (QED) is 0.496. The number of benzene rings is 1. The van der Waals surface area contributed by atoms with E-state index in [-0.39, 0.29) is 36.3 Å². The summed E-state index contributed by atoms with van der Waals surface area (Å²) in [7, 11) is -0.831. The van der Waals surface area contributed by atoms with Crippen molar-refractivity contribution in [1.82, 2.24) is 14.8 Å². The largest absolute Gasteiger partial charge is 0.493 e. The molecule has 0 aliphatic carbocycles. The number of hydrogen-bond acceptors (Lipinski definition) is 9. The van der Waals surface area contributed by atoms with Gasteiger partial charge in [0.05, 0.1) is 20.1 Å². The number of rotatable bonds is 10. The highest BCUT2D eigenvalue weighted by Gasteiger charge is 2.36. The SMILES string of the molecule is COc1cccc(OC)c1OCC(O)CNC(=O)C1CCCN(S(=O)(=O)c2c(C)noc2C)C1. The third kappa shape index (κ3) is 5.62. The van der Waals surface area contributed by atoms with E-state index in [1.807, 2.05) is 0 Å². The fraction of sp³-hybridized carbons (Fsp3) is 0.545. The molecular formula is C22H31N3O8S. The molecule has 188 valence electrons. The van der Waals surface area contributed by atoms with E-state index in [0.717, 1.165) is 0 Å². The Bertz CT molecular complexity index is 1060. The van der Waals surface area contributed by atoms with Crippen molar-refractivity contribution < 1.29 is 37.1 Å². The number of carbonyl (C=O) groups excluding carboxylic acids is 1. The highest BCUT2D eigenvalue weighted by Crippen LogP contribution is 2.36. The molecule has 1 fully saturated rings. The number of aliphatic hydroxyl groups excluding tert-OH is 1. The summed E-state index contributed by atoms with van der Waals surface area (Å²) in [6.45, 7) is 3.32. The van der Waals surface area contributed by atoms with E-state index in [9.17, 15) is 18.3 Å². The highest BCUT2D eigenvalue weighted by molar-refractivity contribution is 7.89. The van der Waals surface area contributed by atoms with Gasteiger partial charge >= 0.3 is 0 Å². The molecule has 2 atom stereocenters.